The molecule has 1 N–H and O–H groups in total. The summed E-state index contributed by atoms with van der Waals surface area (Å²) in [4.78, 5) is -0.215. The molecule has 0 unspecified atom stereocenters. The zero-order valence-electron chi connectivity index (χ0n) is 19.5. The normalized spacial score (nSPS) is 11.2. The van der Waals surface area contributed by atoms with Gasteiger partial charge in [-0.15, -0.1) is 0 Å². The Morgan fingerprint density at radius 2 is 1.34 bits per heavy atom. The molecule has 0 aliphatic rings. The maximum absolute atomic E-state index is 12.1. The van der Waals surface area contributed by atoms with E-state index in [-0.39, 0.29) is 46.0 Å². The molecule has 172 valence electrons. The topological polar surface area (TPSA) is 86.7 Å². The van der Waals surface area contributed by atoms with Crippen LogP contribution in [0.4, 0.5) is 0 Å². The Balaban J connectivity index is 0.00000512. The van der Waals surface area contributed by atoms with Crippen molar-refractivity contribution in [1.82, 2.24) is 0 Å². The zero-order chi connectivity index (χ0) is 22.5. The Kier molecular flexibility index (Phi) is 14.2. The van der Waals surface area contributed by atoms with Crippen molar-refractivity contribution in [3.63, 3.8) is 0 Å². The largest absolute Gasteiger partial charge is 1.00 e. The fourth-order valence-electron chi connectivity index (χ4n) is 3.59. The van der Waals surface area contributed by atoms with Crippen molar-refractivity contribution < 1.29 is 52.4 Å². The van der Waals surface area contributed by atoms with Crippen molar-refractivity contribution in [3.8, 4) is 17.2 Å². The van der Waals surface area contributed by atoms with Crippen molar-refractivity contribution in [1.29, 1.82) is 0 Å². The molecule has 0 fully saturated rings. The van der Waals surface area contributed by atoms with E-state index in [2.05, 4.69) is 6.92 Å². The van der Waals surface area contributed by atoms with Crippen LogP contribution in [0, 0.1) is 0 Å². The quantitative estimate of drug-likeness (QED) is 0.244. The molecule has 7 heteroatoms. The Hall–Kier alpha value is -1.05. The molecule has 0 atom stereocenters. The SMILES string of the molecule is CCCCCCCCCCCCCc1ccc([O-])c(Oc2ccc(S(=O)(=O)O)cc2)c1.[Na+]. The summed E-state index contributed by atoms with van der Waals surface area (Å²) >= 11 is 0. The molecule has 0 bridgehead atoms. The summed E-state index contributed by atoms with van der Waals surface area (Å²) in [5, 5.41) is 12.1. The first kappa shape index (κ1) is 29.0. The van der Waals surface area contributed by atoms with Crippen molar-refractivity contribution in [3.05, 3.63) is 48.0 Å². The average molecular weight is 471 g/mol. The van der Waals surface area contributed by atoms with Crippen LogP contribution in [-0.2, 0) is 16.5 Å². The zero-order valence-corrected chi connectivity index (χ0v) is 22.3. The molecule has 0 aromatic heterocycles. The Bertz CT molecular complexity index is 882. The fraction of sp³-hybridized carbons (Fsp3) is 0.520. The number of ether oxygens (including phenoxy) is 1. The van der Waals surface area contributed by atoms with Gasteiger partial charge in [-0.2, -0.15) is 8.42 Å². The van der Waals surface area contributed by atoms with Gasteiger partial charge in [-0.25, -0.2) is 0 Å². The van der Waals surface area contributed by atoms with Crippen LogP contribution >= 0.6 is 0 Å². The van der Waals surface area contributed by atoms with Gasteiger partial charge in [-0.3, -0.25) is 4.55 Å². The number of benzene rings is 2. The molecule has 0 amide bonds. The number of rotatable bonds is 15. The van der Waals surface area contributed by atoms with Gasteiger partial charge in [0.05, 0.1) is 4.90 Å². The third-order valence-electron chi connectivity index (χ3n) is 5.43. The smallest absolute Gasteiger partial charge is 0.870 e. The van der Waals surface area contributed by atoms with Crippen molar-refractivity contribution >= 4 is 10.1 Å². The molecule has 0 spiro atoms. The Morgan fingerprint density at radius 3 is 1.88 bits per heavy atom. The van der Waals surface area contributed by atoms with Gasteiger partial charge < -0.3 is 9.84 Å². The first-order valence-corrected chi connectivity index (χ1v) is 12.9. The van der Waals surface area contributed by atoms with Crippen LogP contribution in [-0.4, -0.2) is 13.0 Å². The van der Waals surface area contributed by atoms with E-state index in [0.717, 1.165) is 18.4 Å². The number of unbranched alkanes of at least 4 members (excludes halogenated alkanes) is 10. The van der Waals surface area contributed by atoms with Crippen molar-refractivity contribution in [2.24, 2.45) is 0 Å². The van der Waals surface area contributed by atoms with Crippen molar-refractivity contribution in [2.75, 3.05) is 0 Å². The van der Waals surface area contributed by atoms with E-state index in [4.69, 9.17) is 9.29 Å². The summed E-state index contributed by atoms with van der Waals surface area (Å²) in [6, 6.07) is 10.4. The van der Waals surface area contributed by atoms with Crippen LogP contribution in [0.2, 0.25) is 0 Å². The minimum Gasteiger partial charge on any atom is -0.870 e. The number of aryl methyl sites for hydroxylation is 1. The van der Waals surface area contributed by atoms with Crippen LogP contribution in [0.1, 0.15) is 83.1 Å². The molecule has 0 saturated heterocycles. The summed E-state index contributed by atoms with van der Waals surface area (Å²) in [7, 11) is -4.25. The summed E-state index contributed by atoms with van der Waals surface area (Å²) in [6.45, 7) is 2.25. The fourth-order valence-corrected chi connectivity index (χ4v) is 4.07. The van der Waals surface area contributed by atoms with Crippen LogP contribution < -0.4 is 39.4 Å². The van der Waals surface area contributed by atoms with Gasteiger partial charge in [0.25, 0.3) is 10.1 Å². The standard InChI is InChI=1S/C25H36O5S.Na/c1-2-3-4-5-6-7-8-9-10-11-12-13-21-14-19-24(26)25(20-21)30-22-15-17-23(18-16-22)31(27,28)29;/h14-20,26H,2-13H2,1H3,(H,27,28,29);/q;+1/p-1. The van der Waals surface area contributed by atoms with E-state index in [1.807, 2.05) is 6.07 Å². The van der Waals surface area contributed by atoms with Gasteiger partial charge in [0.15, 0.2) is 0 Å². The molecule has 2 aromatic carbocycles. The van der Waals surface area contributed by atoms with Gasteiger partial charge in [0, 0.05) is 0 Å². The summed E-state index contributed by atoms with van der Waals surface area (Å²) < 4.78 is 36.9. The van der Waals surface area contributed by atoms with E-state index < -0.39 is 10.1 Å². The van der Waals surface area contributed by atoms with E-state index in [1.165, 1.54) is 94.5 Å². The predicted molar refractivity (Wildman–Crippen MR) is 122 cm³/mol. The van der Waals surface area contributed by atoms with E-state index in [0.29, 0.717) is 5.75 Å². The van der Waals surface area contributed by atoms with Gasteiger partial charge in [-0.05, 0) is 48.7 Å². The first-order chi connectivity index (χ1) is 14.9. The first-order valence-electron chi connectivity index (χ1n) is 11.5. The third kappa shape index (κ3) is 11.2. The molecule has 0 heterocycles. The molecule has 0 radical (unpaired) electrons. The molecular formula is C25H35NaO5S. The second-order valence-electron chi connectivity index (χ2n) is 8.12. The molecule has 32 heavy (non-hydrogen) atoms. The minimum atomic E-state index is -4.25. The van der Waals surface area contributed by atoms with Crippen LogP contribution in [0.25, 0.3) is 0 Å². The Labute approximate surface area is 215 Å². The van der Waals surface area contributed by atoms with E-state index in [9.17, 15) is 13.5 Å². The van der Waals surface area contributed by atoms with Gasteiger partial charge in [0.2, 0.25) is 0 Å². The van der Waals surface area contributed by atoms with Crippen LogP contribution in [0.5, 0.6) is 17.2 Å². The third-order valence-corrected chi connectivity index (χ3v) is 6.29. The average Bonchev–Trinajstić information content (AvgIpc) is 2.74. The molecule has 0 aliphatic carbocycles. The number of hydrogen-bond acceptors (Lipinski definition) is 4. The van der Waals surface area contributed by atoms with Gasteiger partial charge in [0.1, 0.15) is 11.5 Å². The molecule has 2 aromatic rings. The molecule has 5 nitrogen and oxygen atoms in total. The van der Waals surface area contributed by atoms with Crippen LogP contribution in [0.15, 0.2) is 47.4 Å². The summed E-state index contributed by atoms with van der Waals surface area (Å²) in [5.74, 6) is 0.345. The Morgan fingerprint density at radius 1 is 0.812 bits per heavy atom. The van der Waals surface area contributed by atoms with Crippen molar-refractivity contribution in [2.45, 2.75) is 88.9 Å². The second kappa shape index (κ2) is 15.7. The molecule has 0 saturated carbocycles. The van der Waals surface area contributed by atoms with E-state index in [1.54, 1.807) is 6.07 Å². The monoisotopic (exact) mass is 470 g/mol. The van der Waals surface area contributed by atoms with Gasteiger partial charge >= 0.3 is 29.6 Å². The molecule has 2 rings (SSSR count). The maximum Gasteiger partial charge on any atom is 1.00 e. The van der Waals surface area contributed by atoms with Gasteiger partial charge in [-0.1, -0.05) is 89.0 Å². The molecular weight excluding hydrogens is 435 g/mol. The van der Waals surface area contributed by atoms with E-state index >= 15 is 0 Å². The minimum absolute atomic E-state index is 0. The van der Waals surface area contributed by atoms with Crippen LogP contribution in [0.3, 0.4) is 0 Å². The predicted octanol–water partition coefficient (Wildman–Crippen LogP) is 3.66. The molecule has 0 aliphatic heterocycles. The maximum atomic E-state index is 12.1. The summed E-state index contributed by atoms with van der Waals surface area (Å²) in [6.07, 6.45) is 15.2. The summed E-state index contributed by atoms with van der Waals surface area (Å²) in [5.41, 5.74) is 1.06. The number of hydrogen-bond donors (Lipinski definition) is 1. The second-order valence-corrected chi connectivity index (χ2v) is 9.54.